The third kappa shape index (κ3) is 4.12. The molecule has 1 aliphatic heterocycles. The number of nitrogens with zero attached hydrogens (tertiary/aromatic N) is 2. The first-order chi connectivity index (χ1) is 11.3. The summed E-state index contributed by atoms with van der Waals surface area (Å²) in [6.45, 7) is 7.89. The molecular weight excluding hydrogens is 328 g/mol. The van der Waals surface area contributed by atoms with Gasteiger partial charge in [-0.25, -0.2) is 9.78 Å². The Hall–Kier alpha value is -1.49. The van der Waals surface area contributed by atoms with Crippen molar-refractivity contribution < 1.29 is 14.3 Å². The molecule has 0 N–H and O–H groups in total. The van der Waals surface area contributed by atoms with Gasteiger partial charge in [-0.1, -0.05) is 17.7 Å². The van der Waals surface area contributed by atoms with Gasteiger partial charge < -0.3 is 14.4 Å². The molecule has 0 unspecified atom stereocenters. The summed E-state index contributed by atoms with van der Waals surface area (Å²) in [6, 6.07) is 5.40. The highest BCUT2D eigenvalue weighted by atomic mass is 35.5. The van der Waals surface area contributed by atoms with Crippen molar-refractivity contribution in [1.82, 2.24) is 9.88 Å². The van der Waals surface area contributed by atoms with Gasteiger partial charge in [-0.3, -0.25) is 0 Å². The van der Waals surface area contributed by atoms with Gasteiger partial charge >= 0.3 is 6.09 Å². The summed E-state index contributed by atoms with van der Waals surface area (Å²) in [5.41, 5.74) is -0.108. The first-order valence-electron chi connectivity index (χ1n) is 8.51. The molecule has 1 aromatic heterocycles. The van der Waals surface area contributed by atoms with Crippen LogP contribution in [0.25, 0.3) is 0 Å². The van der Waals surface area contributed by atoms with E-state index in [1.807, 2.05) is 37.8 Å². The predicted octanol–water partition coefficient (Wildman–Crippen LogP) is 4.15. The van der Waals surface area contributed by atoms with Gasteiger partial charge in [0.2, 0.25) is 5.88 Å². The van der Waals surface area contributed by atoms with Gasteiger partial charge in [0, 0.05) is 19.2 Å². The second-order valence-corrected chi connectivity index (χ2v) is 8.23. The average Bonchev–Trinajstić information content (AvgIpc) is 3.16. The lowest BCUT2D eigenvalue weighted by Gasteiger charge is -2.34. The minimum absolute atomic E-state index is 0.200. The van der Waals surface area contributed by atoms with Crippen LogP contribution >= 0.6 is 11.6 Å². The molecule has 5 nitrogen and oxygen atoms in total. The first-order valence-corrected chi connectivity index (χ1v) is 8.89. The van der Waals surface area contributed by atoms with Crippen molar-refractivity contribution in [3.05, 3.63) is 23.4 Å². The Morgan fingerprint density at radius 2 is 2.08 bits per heavy atom. The quantitative estimate of drug-likeness (QED) is 0.767. The van der Waals surface area contributed by atoms with Gasteiger partial charge in [-0.05, 0) is 57.4 Å². The molecule has 1 spiro atoms. The van der Waals surface area contributed by atoms with Crippen LogP contribution in [-0.4, -0.2) is 41.3 Å². The number of pyridine rings is 1. The van der Waals surface area contributed by atoms with E-state index >= 15 is 0 Å². The van der Waals surface area contributed by atoms with Crippen LogP contribution in [0, 0.1) is 11.3 Å². The van der Waals surface area contributed by atoms with Crippen LogP contribution in [0.1, 0.15) is 40.0 Å². The summed E-state index contributed by atoms with van der Waals surface area (Å²) in [5, 5.41) is 0.448. The van der Waals surface area contributed by atoms with Crippen molar-refractivity contribution >= 4 is 17.7 Å². The number of hydrogen-bond acceptors (Lipinski definition) is 4. The standard InChI is InChI=1S/C18H25ClN2O3/c1-17(2,3)24-16(22)21-9-7-18(8-10-21)11-13(18)12-23-15-6-4-5-14(19)20-15/h4-6,13H,7-12H2,1-3H3/t13-/m0/s1. The summed E-state index contributed by atoms with van der Waals surface area (Å²) >= 11 is 5.87. The van der Waals surface area contributed by atoms with Crippen molar-refractivity contribution in [3.63, 3.8) is 0 Å². The molecule has 1 saturated heterocycles. The normalized spacial score (nSPS) is 22.3. The minimum atomic E-state index is -0.438. The lowest BCUT2D eigenvalue weighted by atomic mass is 9.91. The second-order valence-electron chi connectivity index (χ2n) is 7.84. The van der Waals surface area contributed by atoms with E-state index in [0.29, 0.717) is 29.0 Å². The van der Waals surface area contributed by atoms with Crippen LogP contribution in [-0.2, 0) is 4.74 Å². The first kappa shape index (κ1) is 17.3. The van der Waals surface area contributed by atoms with Crippen molar-refractivity contribution in [2.75, 3.05) is 19.7 Å². The number of halogens is 1. The molecule has 2 fully saturated rings. The second kappa shape index (κ2) is 6.43. The number of aromatic nitrogens is 1. The molecule has 132 valence electrons. The molecule has 1 aromatic rings. The molecule has 1 aliphatic carbocycles. The molecule has 1 saturated carbocycles. The number of amides is 1. The number of carbonyl (C=O) groups is 1. The Bertz CT molecular complexity index is 607. The Morgan fingerprint density at radius 1 is 1.38 bits per heavy atom. The Morgan fingerprint density at radius 3 is 2.71 bits per heavy atom. The maximum Gasteiger partial charge on any atom is 0.410 e. The SMILES string of the molecule is CC(C)(C)OC(=O)N1CCC2(CC1)C[C@H]2COc1cccc(Cl)n1. The molecule has 0 bridgehead atoms. The van der Waals surface area contributed by atoms with Crippen LogP contribution < -0.4 is 4.74 Å². The van der Waals surface area contributed by atoms with Crippen LogP contribution in [0.4, 0.5) is 4.79 Å². The van der Waals surface area contributed by atoms with Gasteiger partial charge in [0.1, 0.15) is 10.8 Å². The van der Waals surface area contributed by atoms with Crippen LogP contribution in [0.2, 0.25) is 5.15 Å². The fraction of sp³-hybridized carbons (Fsp3) is 0.667. The van der Waals surface area contributed by atoms with Gasteiger partial charge in [0.05, 0.1) is 6.61 Å². The molecule has 24 heavy (non-hydrogen) atoms. The van der Waals surface area contributed by atoms with E-state index in [0.717, 1.165) is 32.4 Å². The average molecular weight is 353 g/mol. The number of hydrogen-bond donors (Lipinski definition) is 0. The van der Waals surface area contributed by atoms with Gasteiger partial charge in [0.15, 0.2) is 0 Å². The number of rotatable bonds is 3. The van der Waals surface area contributed by atoms with Crippen molar-refractivity contribution in [2.24, 2.45) is 11.3 Å². The number of ether oxygens (including phenoxy) is 2. The zero-order valence-electron chi connectivity index (χ0n) is 14.5. The van der Waals surface area contributed by atoms with Crippen LogP contribution in [0.3, 0.4) is 0 Å². The summed E-state index contributed by atoms with van der Waals surface area (Å²) in [4.78, 5) is 18.1. The molecule has 1 amide bonds. The number of carbonyl (C=O) groups excluding carboxylic acids is 1. The monoisotopic (exact) mass is 352 g/mol. The van der Waals surface area contributed by atoms with Gasteiger partial charge in [0.25, 0.3) is 0 Å². The van der Waals surface area contributed by atoms with Gasteiger partial charge in [-0.2, -0.15) is 0 Å². The molecule has 2 aliphatic rings. The lowest BCUT2D eigenvalue weighted by molar-refractivity contribution is 0.0161. The lowest BCUT2D eigenvalue weighted by Crippen LogP contribution is -2.42. The smallest absolute Gasteiger partial charge is 0.410 e. The number of piperidine rings is 1. The Kier molecular flexibility index (Phi) is 4.65. The van der Waals surface area contributed by atoms with Crippen molar-refractivity contribution in [3.8, 4) is 5.88 Å². The van der Waals surface area contributed by atoms with E-state index in [4.69, 9.17) is 21.1 Å². The van der Waals surface area contributed by atoms with E-state index in [2.05, 4.69) is 4.98 Å². The van der Waals surface area contributed by atoms with E-state index in [9.17, 15) is 4.79 Å². The van der Waals surface area contributed by atoms with E-state index in [1.54, 1.807) is 6.07 Å². The van der Waals surface area contributed by atoms with Crippen LogP contribution in [0.15, 0.2) is 18.2 Å². The highest BCUT2D eigenvalue weighted by molar-refractivity contribution is 6.29. The van der Waals surface area contributed by atoms with E-state index in [-0.39, 0.29) is 6.09 Å². The van der Waals surface area contributed by atoms with E-state index in [1.165, 1.54) is 0 Å². The Balaban J connectivity index is 1.45. The largest absolute Gasteiger partial charge is 0.477 e. The highest BCUT2D eigenvalue weighted by Crippen LogP contribution is 2.59. The fourth-order valence-corrected chi connectivity index (χ4v) is 3.55. The summed E-state index contributed by atoms with van der Waals surface area (Å²) < 4.78 is 11.2. The van der Waals surface area contributed by atoms with Crippen LogP contribution in [0.5, 0.6) is 5.88 Å². The number of likely N-dealkylation sites (tertiary alicyclic amines) is 1. The Labute approximate surface area is 148 Å². The zero-order chi connectivity index (χ0) is 17.4. The zero-order valence-corrected chi connectivity index (χ0v) is 15.3. The highest BCUT2D eigenvalue weighted by Gasteiger charge is 2.55. The summed E-state index contributed by atoms with van der Waals surface area (Å²) in [6.07, 6.45) is 3.00. The van der Waals surface area contributed by atoms with E-state index < -0.39 is 5.60 Å². The van der Waals surface area contributed by atoms with Crippen molar-refractivity contribution in [1.29, 1.82) is 0 Å². The third-order valence-electron chi connectivity index (χ3n) is 4.89. The molecular formula is C18H25ClN2O3. The molecule has 0 aromatic carbocycles. The molecule has 3 rings (SSSR count). The predicted molar refractivity (Wildman–Crippen MR) is 92.3 cm³/mol. The third-order valence-corrected chi connectivity index (χ3v) is 5.10. The van der Waals surface area contributed by atoms with Gasteiger partial charge in [-0.15, -0.1) is 0 Å². The topological polar surface area (TPSA) is 51.7 Å². The maximum absolute atomic E-state index is 12.1. The molecule has 0 radical (unpaired) electrons. The molecule has 1 atom stereocenters. The summed E-state index contributed by atoms with van der Waals surface area (Å²) in [7, 11) is 0. The minimum Gasteiger partial charge on any atom is -0.477 e. The molecule has 6 heteroatoms. The summed E-state index contributed by atoms with van der Waals surface area (Å²) in [5.74, 6) is 1.12. The van der Waals surface area contributed by atoms with Crippen molar-refractivity contribution in [2.45, 2.75) is 45.6 Å². The fourth-order valence-electron chi connectivity index (χ4n) is 3.40. The maximum atomic E-state index is 12.1. The molecule has 2 heterocycles.